The van der Waals surface area contributed by atoms with Crippen molar-refractivity contribution < 1.29 is 13.2 Å². The van der Waals surface area contributed by atoms with E-state index in [1.54, 1.807) is 17.4 Å². The first kappa shape index (κ1) is 23.2. The third-order valence-corrected chi connectivity index (χ3v) is 7.13. The standard InChI is InChI=1S/C23H32N4O3S/c1-19(2)16-27(31(29,30)18-21-7-5-4-6-8-21)17-22-9-10-23(24-15-22)26-13-11-25(12-14-26)20(3)28/h4-10,15,19H,11-14,16-18H2,1-3H3. The summed E-state index contributed by atoms with van der Waals surface area (Å²) >= 11 is 0. The van der Waals surface area contributed by atoms with Gasteiger partial charge in [-0.1, -0.05) is 50.2 Å². The molecular weight excluding hydrogens is 412 g/mol. The van der Waals surface area contributed by atoms with Gasteiger partial charge in [-0.3, -0.25) is 4.79 Å². The molecule has 1 aromatic heterocycles. The first-order chi connectivity index (χ1) is 14.7. The van der Waals surface area contributed by atoms with Crippen molar-refractivity contribution in [2.45, 2.75) is 33.1 Å². The van der Waals surface area contributed by atoms with E-state index in [1.807, 2.05) is 61.2 Å². The number of pyridine rings is 1. The van der Waals surface area contributed by atoms with E-state index in [2.05, 4.69) is 9.88 Å². The Morgan fingerprint density at radius 3 is 2.26 bits per heavy atom. The van der Waals surface area contributed by atoms with Gasteiger partial charge in [0.15, 0.2) is 0 Å². The summed E-state index contributed by atoms with van der Waals surface area (Å²) in [4.78, 5) is 20.1. The molecule has 0 N–H and O–H groups in total. The molecule has 8 heteroatoms. The summed E-state index contributed by atoms with van der Waals surface area (Å²) < 4.78 is 27.8. The lowest BCUT2D eigenvalue weighted by Gasteiger charge is -2.35. The number of carbonyl (C=O) groups excluding carboxylic acids is 1. The summed E-state index contributed by atoms with van der Waals surface area (Å²) in [6.07, 6.45) is 1.76. The zero-order valence-corrected chi connectivity index (χ0v) is 19.4. The van der Waals surface area contributed by atoms with Gasteiger partial charge in [0.25, 0.3) is 0 Å². The average Bonchev–Trinajstić information content (AvgIpc) is 2.74. The first-order valence-electron chi connectivity index (χ1n) is 10.7. The molecule has 1 fully saturated rings. The zero-order valence-electron chi connectivity index (χ0n) is 18.6. The van der Waals surface area contributed by atoms with E-state index >= 15 is 0 Å². The van der Waals surface area contributed by atoms with Gasteiger partial charge in [-0.25, -0.2) is 13.4 Å². The maximum atomic E-state index is 13.1. The van der Waals surface area contributed by atoms with Gasteiger partial charge in [0.05, 0.1) is 5.75 Å². The summed E-state index contributed by atoms with van der Waals surface area (Å²) in [6, 6.07) is 13.2. The van der Waals surface area contributed by atoms with E-state index in [-0.39, 0.29) is 17.6 Å². The normalized spacial score (nSPS) is 15.0. The summed E-state index contributed by atoms with van der Waals surface area (Å²) in [7, 11) is -3.46. The minimum atomic E-state index is -3.46. The van der Waals surface area contributed by atoms with Crippen molar-refractivity contribution in [3.8, 4) is 0 Å². The smallest absolute Gasteiger partial charge is 0.219 e. The second kappa shape index (κ2) is 10.2. The molecule has 2 heterocycles. The summed E-state index contributed by atoms with van der Waals surface area (Å²) in [5.41, 5.74) is 1.65. The van der Waals surface area contributed by atoms with Crippen LogP contribution in [0.15, 0.2) is 48.7 Å². The van der Waals surface area contributed by atoms with Gasteiger partial charge < -0.3 is 9.80 Å². The number of anilines is 1. The fourth-order valence-electron chi connectivity index (χ4n) is 3.71. The van der Waals surface area contributed by atoms with Crippen LogP contribution in [0.1, 0.15) is 31.9 Å². The highest BCUT2D eigenvalue weighted by molar-refractivity contribution is 7.88. The summed E-state index contributed by atoms with van der Waals surface area (Å²) in [5, 5.41) is 0. The molecule has 0 atom stereocenters. The Morgan fingerprint density at radius 2 is 1.71 bits per heavy atom. The molecule has 1 aliphatic heterocycles. The molecule has 0 aliphatic carbocycles. The van der Waals surface area contributed by atoms with Crippen LogP contribution >= 0.6 is 0 Å². The minimum absolute atomic E-state index is 0.00744. The molecule has 7 nitrogen and oxygen atoms in total. The number of hydrogen-bond acceptors (Lipinski definition) is 5. The molecule has 0 bridgehead atoms. The number of hydrogen-bond donors (Lipinski definition) is 0. The fourth-order valence-corrected chi connectivity index (χ4v) is 5.38. The van der Waals surface area contributed by atoms with Crippen LogP contribution < -0.4 is 4.90 Å². The second-order valence-electron chi connectivity index (χ2n) is 8.45. The molecule has 0 spiro atoms. The van der Waals surface area contributed by atoms with Gasteiger partial charge in [0, 0.05) is 52.4 Å². The quantitative estimate of drug-likeness (QED) is 0.626. The van der Waals surface area contributed by atoms with E-state index < -0.39 is 10.0 Å². The van der Waals surface area contributed by atoms with Gasteiger partial charge in [-0.05, 0) is 23.1 Å². The van der Waals surface area contributed by atoms with Gasteiger partial charge in [-0.2, -0.15) is 4.31 Å². The topological polar surface area (TPSA) is 73.8 Å². The van der Waals surface area contributed by atoms with Gasteiger partial charge in [0.1, 0.15) is 5.82 Å². The van der Waals surface area contributed by atoms with Gasteiger partial charge in [0.2, 0.25) is 15.9 Å². The van der Waals surface area contributed by atoms with Crippen molar-refractivity contribution >= 4 is 21.7 Å². The lowest BCUT2D eigenvalue weighted by atomic mass is 10.2. The molecule has 31 heavy (non-hydrogen) atoms. The molecule has 1 amide bonds. The van der Waals surface area contributed by atoms with Gasteiger partial charge >= 0.3 is 0 Å². The van der Waals surface area contributed by atoms with Crippen LogP contribution in [-0.2, 0) is 27.1 Å². The monoisotopic (exact) mass is 444 g/mol. The third-order valence-electron chi connectivity index (χ3n) is 5.37. The highest BCUT2D eigenvalue weighted by Gasteiger charge is 2.24. The van der Waals surface area contributed by atoms with Crippen molar-refractivity contribution in [2.75, 3.05) is 37.6 Å². The molecule has 1 aromatic carbocycles. The summed E-state index contributed by atoms with van der Waals surface area (Å²) in [6.45, 7) is 9.28. The van der Waals surface area contributed by atoms with Crippen molar-refractivity contribution in [2.24, 2.45) is 5.92 Å². The van der Waals surface area contributed by atoms with E-state index in [9.17, 15) is 13.2 Å². The zero-order chi connectivity index (χ0) is 22.4. The Balaban J connectivity index is 1.68. The number of carbonyl (C=O) groups is 1. The molecule has 1 saturated heterocycles. The van der Waals surface area contributed by atoms with Crippen LogP contribution in [0.3, 0.4) is 0 Å². The number of sulfonamides is 1. The summed E-state index contributed by atoms with van der Waals surface area (Å²) in [5.74, 6) is 1.17. The largest absolute Gasteiger partial charge is 0.353 e. The van der Waals surface area contributed by atoms with Gasteiger partial charge in [-0.15, -0.1) is 0 Å². The van der Waals surface area contributed by atoms with Crippen LogP contribution in [-0.4, -0.2) is 61.2 Å². The van der Waals surface area contributed by atoms with Crippen molar-refractivity contribution in [1.29, 1.82) is 0 Å². The fraction of sp³-hybridized carbons (Fsp3) is 0.478. The molecule has 0 unspecified atom stereocenters. The first-order valence-corrected chi connectivity index (χ1v) is 12.3. The van der Waals surface area contributed by atoms with Crippen molar-refractivity contribution in [1.82, 2.24) is 14.2 Å². The van der Waals surface area contributed by atoms with Crippen LogP contribution in [0.4, 0.5) is 5.82 Å². The lowest BCUT2D eigenvalue weighted by molar-refractivity contribution is -0.129. The Bertz CT molecular complexity index is 954. The Kier molecular flexibility index (Phi) is 7.67. The molecule has 168 valence electrons. The van der Waals surface area contributed by atoms with Crippen LogP contribution in [0.25, 0.3) is 0 Å². The Hall–Kier alpha value is -2.45. The predicted molar refractivity (Wildman–Crippen MR) is 123 cm³/mol. The van der Waals surface area contributed by atoms with E-state index in [0.29, 0.717) is 26.2 Å². The average molecular weight is 445 g/mol. The van der Waals surface area contributed by atoms with Crippen LogP contribution in [0.2, 0.25) is 0 Å². The molecule has 3 rings (SSSR count). The third kappa shape index (κ3) is 6.51. The molecule has 2 aromatic rings. The molecule has 0 saturated carbocycles. The van der Waals surface area contributed by atoms with Crippen LogP contribution in [0.5, 0.6) is 0 Å². The van der Waals surface area contributed by atoms with E-state index in [4.69, 9.17) is 0 Å². The second-order valence-corrected chi connectivity index (χ2v) is 10.4. The number of aromatic nitrogens is 1. The molecular formula is C23H32N4O3S. The SMILES string of the molecule is CC(=O)N1CCN(c2ccc(CN(CC(C)C)S(=O)(=O)Cc3ccccc3)cn2)CC1. The van der Waals surface area contributed by atoms with E-state index in [0.717, 1.165) is 30.0 Å². The lowest BCUT2D eigenvalue weighted by Crippen LogP contribution is -2.48. The number of rotatable bonds is 8. The number of benzene rings is 1. The molecule has 1 aliphatic rings. The highest BCUT2D eigenvalue weighted by atomic mass is 32.2. The minimum Gasteiger partial charge on any atom is -0.353 e. The Labute approximate surface area is 185 Å². The van der Waals surface area contributed by atoms with E-state index in [1.165, 1.54) is 0 Å². The predicted octanol–water partition coefficient (Wildman–Crippen LogP) is 2.74. The van der Waals surface area contributed by atoms with Crippen molar-refractivity contribution in [3.63, 3.8) is 0 Å². The molecule has 0 radical (unpaired) electrons. The number of nitrogens with zero attached hydrogens (tertiary/aromatic N) is 4. The Morgan fingerprint density at radius 1 is 1.03 bits per heavy atom. The van der Waals surface area contributed by atoms with Crippen LogP contribution in [0, 0.1) is 5.92 Å². The number of piperazine rings is 1. The maximum absolute atomic E-state index is 13.1. The highest BCUT2D eigenvalue weighted by Crippen LogP contribution is 2.19. The maximum Gasteiger partial charge on any atom is 0.219 e. The number of amides is 1. The van der Waals surface area contributed by atoms with Crippen molar-refractivity contribution in [3.05, 3.63) is 59.8 Å².